The van der Waals surface area contributed by atoms with Gasteiger partial charge in [-0.15, -0.1) is 0 Å². The standard InChI is InChI=1S/C15H18N4O3/c1-2-19-12-4-3-9(7-11(12)18-14(21)15(19)22)13(20)17-10-5-6-16-8-10/h3-4,7,10,16H,2,5-6,8H2,1H3,(H,17,20)(H,18,21). The van der Waals surface area contributed by atoms with E-state index in [0.717, 1.165) is 19.5 Å². The number of amides is 1. The summed E-state index contributed by atoms with van der Waals surface area (Å²) < 4.78 is 1.40. The second kappa shape index (κ2) is 5.76. The topological polar surface area (TPSA) is 96.0 Å². The van der Waals surface area contributed by atoms with Crippen molar-refractivity contribution in [3.8, 4) is 0 Å². The number of rotatable bonds is 3. The molecule has 116 valence electrons. The molecule has 1 fully saturated rings. The summed E-state index contributed by atoms with van der Waals surface area (Å²) in [6.45, 7) is 3.87. The third-order valence-electron chi connectivity index (χ3n) is 3.95. The first-order valence-corrected chi connectivity index (χ1v) is 7.38. The summed E-state index contributed by atoms with van der Waals surface area (Å²) >= 11 is 0. The van der Waals surface area contributed by atoms with Crippen LogP contribution in [0, 0.1) is 0 Å². The SMILES string of the molecule is CCn1c(=O)c(=O)[nH]c2cc(C(=O)NC3CCNC3)ccc21. The Hall–Kier alpha value is -2.41. The van der Waals surface area contributed by atoms with E-state index in [9.17, 15) is 14.4 Å². The van der Waals surface area contributed by atoms with Crippen molar-refractivity contribution in [2.45, 2.75) is 25.9 Å². The molecule has 1 saturated heterocycles. The number of carbonyl (C=O) groups is 1. The maximum Gasteiger partial charge on any atom is 0.316 e. The highest BCUT2D eigenvalue weighted by atomic mass is 16.2. The zero-order valence-corrected chi connectivity index (χ0v) is 12.3. The number of H-pyrrole nitrogens is 1. The minimum Gasteiger partial charge on any atom is -0.348 e. The van der Waals surface area contributed by atoms with Crippen molar-refractivity contribution in [2.24, 2.45) is 0 Å². The molecule has 1 aromatic heterocycles. The fourth-order valence-corrected chi connectivity index (χ4v) is 2.78. The van der Waals surface area contributed by atoms with E-state index >= 15 is 0 Å². The second-order valence-electron chi connectivity index (χ2n) is 5.40. The summed E-state index contributed by atoms with van der Waals surface area (Å²) in [7, 11) is 0. The highest BCUT2D eigenvalue weighted by Crippen LogP contribution is 2.12. The Kier molecular flexibility index (Phi) is 3.81. The van der Waals surface area contributed by atoms with Crippen LogP contribution in [-0.2, 0) is 6.54 Å². The zero-order chi connectivity index (χ0) is 15.7. The van der Waals surface area contributed by atoms with Gasteiger partial charge in [-0.3, -0.25) is 14.4 Å². The molecular weight excluding hydrogens is 284 g/mol. The van der Waals surface area contributed by atoms with E-state index in [4.69, 9.17) is 0 Å². The van der Waals surface area contributed by atoms with Crippen LogP contribution < -0.4 is 21.8 Å². The van der Waals surface area contributed by atoms with E-state index in [2.05, 4.69) is 15.6 Å². The van der Waals surface area contributed by atoms with Crippen LogP contribution in [0.15, 0.2) is 27.8 Å². The maximum atomic E-state index is 12.3. The van der Waals surface area contributed by atoms with Crippen molar-refractivity contribution in [3.05, 3.63) is 44.5 Å². The van der Waals surface area contributed by atoms with Crippen LogP contribution >= 0.6 is 0 Å². The molecule has 22 heavy (non-hydrogen) atoms. The predicted molar refractivity (Wildman–Crippen MR) is 83.2 cm³/mol. The lowest BCUT2D eigenvalue weighted by atomic mass is 10.1. The van der Waals surface area contributed by atoms with E-state index in [0.29, 0.717) is 23.1 Å². The minimum atomic E-state index is -0.674. The zero-order valence-electron chi connectivity index (χ0n) is 12.3. The Bertz CT molecular complexity index is 831. The molecule has 7 heteroatoms. The Morgan fingerprint density at radius 3 is 2.91 bits per heavy atom. The minimum absolute atomic E-state index is 0.131. The molecule has 1 atom stereocenters. The van der Waals surface area contributed by atoms with Gasteiger partial charge in [-0.05, 0) is 38.1 Å². The Balaban J connectivity index is 1.99. The molecule has 3 N–H and O–H groups in total. The van der Waals surface area contributed by atoms with Gasteiger partial charge in [-0.1, -0.05) is 0 Å². The Labute approximate surface area is 126 Å². The van der Waals surface area contributed by atoms with Crippen molar-refractivity contribution in [1.29, 1.82) is 0 Å². The van der Waals surface area contributed by atoms with Crippen LogP contribution in [0.1, 0.15) is 23.7 Å². The summed E-state index contributed by atoms with van der Waals surface area (Å²) in [5.74, 6) is -0.175. The van der Waals surface area contributed by atoms with E-state index < -0.39 is 11.1 Å². The monoisotopic (exact) mass is 302 g/mol. The molecule has 1 aromatic carbocycles. The van der Waals surface area contributed by atoms with Crippen LogP contribution in [0.5, 0.6) is 0 Å². The molecule has 0 spiro atoms. The Morgan fingerprint density at radius 2 is 2.23 bits per heavy atom. The van der Waals surface area contributed by atoms with Gasteiger partial charge >= 0.3 is 11.1 Å². The molecule has 3 rings (SSSR count). The van der Waals surface area contributed by atoms with Crippen LogP contribution in [0.3, 0.4) is 0 Å². The van der Waals surface area contributed by atoms with E-state index in [1.165, 1.54) is 4.57 Å². The number of aromatic amines is 1. The molecule has 0 bridgehead atoms. The Morgan fingerprint density at radius 1 is 1.41 bits per heavy atom. The molecule has 0 saturated carbocycles. The number of benzene rings is 1. The normalized spacial score (nSPS) is 17.8. The summed E-state index contributed by atoms with van der Waals surface area (Å²) in [5, 5.41) is 6.14. The van der Waals surface area contributed by atoms with Crippen LogP contribution in [0.2, 0.25) is 0 Å². The van der Waals surface area contributed by atoms with Gasteiger partial charge in [-0.25, -0.2) is 0 Å². The van der Waals surface area contributed by atoms with Gasteiger partial charge in [0, 0.05) is 24.7 Å². The average molecular weight is 302 g/mol. The third kappa shape index (κ3) is 2.55. The largest absolute Gasteiger partial charge is 0.348 e. The molecule has 0 radical (unpaired) electrons. The maximum absolute atomic E-state index is 12.3. The van der Waals surface area contributed by atoms with Crippen molar-refractivity contribution in [1.82, 2.24) is 20.2 Å². The number of fused-ring (bicyclic) bond motifs is 1. The molecule has 2 heterocycles. The second-order valence-corrected chi connectivity index (χ2v) is 5.40. The van der Waals surface area contributed by atoms with Gasteiger partial charge in [0.15, 0.2) is 0 Å². The predicted octanol–water partition coefficient (Wildman–Crippen LogP) is -0.199. The number of nitrogens with zero attached hydrogens (tertiary/aromatic N) is 1. The van der Waals surface area contributed by atoms with Gasteiger partial charge in [-0.2, -0.15) is 0 Å². The molecule has 1 amide bonds. The molecular formula is C15H18N4O3. The molecule has 1 aliphatic heterocycles. The highest BCUT2D eigenvalue weighted by Gasteiger charge is 2.18. The van der Waals surface area contributed by atoms with Gasteiger partial charge < -0.3 is 20.2 Å². The lowest BCUT2D eigenvalue weighted by Gasteiger charge is -2.12. The molecule has 1 aliphatic rings. The number of hydrogen-bond acceptors (Lipinski definition) is 4. The van der Waals surface area contributed by atoms with Crippen LogP contribution in [-0.4, -0.2) is 34.6 Å². The molecule has 1 unspecified atom stereocenters. The number of aryl methyl sites for hydroxylation is 1. The van der Waals surface area contributed by atoms with Crippen molar-refractivity contribution in [2.75, 3.05) is 13.1 Å². The summed E-state index contributed by atoms with van der Waals surface area (Å²) in [6, 6.07) is 5.11. The highest BCUT2D eigenvalue weighted by molar-refractivity contribution is 5.97. The summed E-state index contributed by atoms with van der Waals surface area (Å²) in [5.41, 5.74) is 0.322. The van der Waals surface area contributed by atoms with Gasteiger partial charge in [0.05, 0.1) is 11.0 Å². The van der Waals surface area contributed by atoms with Crippen molar-refractivity contribution >= 4 is 16.9 Å². The van der Waals surface area contributed by atoms with Crippen LogP contribution in [0.4, 0.5) is 0 Å². The van der Waals surface area contributed by atoms with Crippen molar-refractivity contribution < 1.29 is 4.79 Å². The van der Waals surface area contributed by atoms with E-state index in [1.807, 2.05) is 0 Å². The van der Waals surface area contributed by atoms with E-state index in [1.54, 1.807) is 25.1 Å². The quantitative estimate of drug-likeness (QED) is 0.684. The molecule has 0 aliphatic carbocycles. The number of aromatic nitrogens is 2. The van der Waals surface area contributed by atoms with Gasteiger partial charge in [0.1, 0.15) is 0 Å². The first kappa shape index (κ1) is 14.5. The van der Waals surface area contributed by atoms with E-state index in [-0.39, 0.29) is 11.9 Å². The fourth-order valence-electron chi connectivity index (χ4n) is 2.78. The summed E-state index contributed by atoms with van der Waals surface area (Å²) in [4.78, 5) is 38.3. The third-order valence-corrected chi connectivity index (χ3v) is 3.95. The van der Waals surface area contributed by atoms with Crippen molar-refractivity contribution in [3.63, 3.8) is 0 Å². The molecule has 7 nitrogen and oxygen atoms in total. The first-order valence-electron chi connectivity index (χ1n) is 7.38. The average Bonchev–Trinajstić information content (AvgIpc) is 3.01. The lowest BCUT2D eigenvalue weighted by molar-refractivity contribution is 0.0940. The summed E-state index contributed by atoms with van der Waals surface area (Å²) in [6.07, 6.45) is 0.908. The van der Waals surface area contributed by atoms with Crippen LogP contribution in [0.25, 0.3) is 11.0 Å². The smallest absolute Gasteiger partial charge is 0.316 e. The fraction of sp³-hybridized carbons (Fsp3) is 0.400. The number of hydrogen-bond donors (Lipinski definition) is 3. The van der Waals surface area contributed by atoms with Gasteiger partial charge in [0.2, 0.25) is 0 Å². The molecule has 2 aromatic rings. The lowest BCUT2D eigenvalue weighted by Crippen LogP contribution is -2.37. The first-order chi connectivity index (χ1) is 10.6. The van der Waals surface area contributed by atoms with Gasteiger partial charge in [0.25, 0.3) is 5.91 Å². The number of nitrogens with one attached hydrogen (secondary N) is 3. The number of carbonyl (C=O) groups excluding carboxylic acids is 1.